The van der Waals surface area contributed by atoms with Crippen LogP contribution in [0.2, 0.25) is 0 Å². The lowest BCUT2D eigenvalue weighted by atomic mass is 10.2. The highest BCUT2D eigenvalue weighted by atomic mass is 79.9. The average Bonchev–Trinajstić information content (AvgIpc) is 2.34. The van der Waals surface area contributed by atoms with Crippen LogP contribution < -0.4 is 4.74 Å². The van der Waals surface area contributed by atoms with Gasteiger partial charge in [0.25, 0.3) is 0 Å². The topological polar surface area (TPSA) is 9.23 Å². The van der Waals surface area contributed by atoms with Crippen molar-refractivity contribution in [2.24, 2.45) is 0 Å². The zero-order valence-corrected chi connectivity index (χ0v) is 12.9. The Labute approximate surface area is 122 Å². The van der Waals surface area contributed by atoms with Crippen LogP contribution in [0.25, 0.3) is 0 Å². The minimum absolute atomic E-state index is 0.267. The SMILES string of the molecule is Cc1ccc(Br)cc1Oc1cccc(F)c1CBr. The van der Waals surface area contributed by atoms with Crippen LogP contribution in [0.4, 0.5) is 4.39 Å². The summed E-state index contributed by atoms with van der Waals surface area (Å²) in [7, 11) is 0. The van der Waals surface area contributed by atoms with Gasteiger partial charge in [-0.25, -0.2) is 4.39 Å². The van der Waals surface area contributed by atoms with Crippen LogP contribution in [0.1, 0.15) is 11.1 Å². The summed E-state index contributed by atoms with van der Waals surface area (Å²) in [6.45, 7) is 1.95. The molecule has 94 valence electrons. The molecule has 0 radical (unpaired) electrons. The summed E-state index contributed by atoms with van der Waals surface area (Å²) in [4.78, 5) is 0. The molecular weight excluding hydrogens is 363 g/mol. The lowest BCUT2D eigenvalue weighted by Gasteiger charge is -2.12. The predicted octanol–water partition coefficient (Wildman–Crippen LogP) is 5.58. The molecule has 0 aliphatic rings. The molecule has 0 fully saturated rings. The second kappa shape index (κ2) is 5.85. The van der Waals surface area contributed by atoms with Gasteiger partial charge in [-0.1, -0.05) is 44.0 Å². The molecule has 0 bridgehead atoms. The van der Waals surface area contributed by atoms with Crippen molar-refractivity contribution in [3.05, 3.63) is 57.8 Å². The Morgan fingerprint density at radius 3 is 2.67 bits per heavy atom. The van der Waals surface area contributed by atoms with Crippen LogP contribution in [0.3, 0.4) is 0 Å². The van der Waals surface area contributed by atoms with Gasteiger partial charge in [0.2, 0.25) is 0 Å². The Bertz CT molecular complexity index is 570. The smallest absolute Gasteiger partial charge is 0.134 e. The van der Waals surface area contributed by atoms with Gasteiger partial charge < -0.3 is 4.74 Å². The van der Waals surface area contributed by atoms with Crippen molar-refractivity contribution in [1.29, 1.82) is 0 Å². The van der Waals surface area contributed by atoms with E-state index in [1.54, 1.807) is 12.1 Å². The molecule has 0 N–H and O–H groups in total. The molecule has 0 heterocycles. The number of benzene rings is 2. The number of alkyl halides is 1. The Morgan fingerprint density at radius 1 is 1.17 bits per heavy atom. The first-order valence-corrected chi connectivity index (χ1v) is 7.30. The van der Waals surface area contributed by atoms with Crippen molar-refractivity contribution in [2.75, 3.05) is 0 Å². The molecule has 0 atom stereocenters. The summed E-state index contributed by atoms with van der Waals surface area (Å²) in [5, 5.41) is 0.419. The highest BCUT2D eigenvalue weighted by Gasteiger charge is 2.10. The quantitative estimate of drug-likeness (QED) is 0.637. The summed E-state index contributed by atoms with van der Waals surface area (Å²) in [6.07, 6.45) is 0. The number of halogens is 3. The largest absolute Gasteiger partial charge is 0.457 e. The van der Waals surface area contributed by atoms with E-state index in [0.717, 1.165) is 15.8 Å². The molecule has 0 spiro atoms. The molecule has 0 aliphatic carbocycles. The number of hydrogen-bond donors (Lipinski definition) is 0. The lowest BCUT2D eigenvalue weighted by Crippen LogP contribution is -1.94. The van der Waals surface area contributed by atoms with Crippen molar-refractivity contribution in [1.82, 2.24) is 0 Å². The minimum Gasteiger partial charge on any atom is -0.457 e. The number of hydrogen-bond acceptors (Lipinski definition) is 1. The van der Waals surface area contributed by atoms with Crippen molar-refractivity contribution in [3.63, 3.8) is 0 Å². The second-order valence-electron chi connectivity index (χ2n) is 3.86. The Kier molecular flexibility index (Phi) is 4.40. The summed E-state index contributed by atoms with van der Waals surface area (Å²) in [5.41, 5.74) is 1.53. The molecular formula is C14H11Br2FO. The average molecular weight is 374 g/mol. The first-order valence-electron chi connectivity index (χ1n) is 5.39. The molecule has 1 nitrogen and oxygen atoms in total. The van der Waals surface area contributed by atoms with Gasteiger partial charge in [0.05, 0.1) is 0 Å². The maximum Gasteiger partial charge on any atom is 0.134 e. The third kappa shape index (κ3) is 2.93. The van der Waals surface area contributed by atoms with Crippen LogP contribution in [0, 0.1) is 12.7 Å². The first kappa shape index (κ1) is 13.6. The Balaban J connectivity index is 2.40. The molecule has 0 unspecified atom stereocenters. The van der Waals surface area contributed by atoms with Gasteiger partial charge in [0.15, 0.2) is 0 Å². The normalized spacial score (nSPS) is 10.4. The molecule has 2 rings (SSSR count). The summed E-state index contributed by atoms with van der Waals surface area (Å²) in [5.74, 6) is 0.988. The maximum atomic E-state index is 13.6. The Morgan fingerprint density at radius 2 is 1.94 bits per heavy atom. The van der Waals surface area contributed by atoms with Crippen molar-refractivity contribution >= 4 is 31.9 Å². The Hall–Kier alpha value is -0.870. The zero-order valence-electron chi connectivity index (χ0n) is 9.71. The molecule has 0 saturated carbocycles. The summed E-state index contributed by atoms with van der Waals surface area (Å²) < 4.78 is 20.3. The second-order valence-corrected chi connectivity index (χ2v) is 5.34. The van der Waals surface area contributed by atoms with Crippen molar-refractivity contribution < 1.29 is 9.13 Å². The van der Waals surface area contributed by atoms with E-state index in [4.69, 9.17) is 4.74 Å². The van der Waals surface area contributed by atoms with Gasteiger partial charge in [0, 0.05) is 15.4 Å². The van der Waals surface area contributed by atoms with Gasteiger partial charge in [-0.15, -0.1) is 0 Å². The molecule has 0 aliphatic heterocycles. The standard InChI is InChI=1S/C14H11Br2FO/c1-9-5-6-10(16)7-14(9)18-13-4-2-3-12(17)11(13)8-15/h2-7H,8H2,1H3. The fourth-order valence-corrected chi connectivity index (χ4v) is 2.45. The maximum absolute atomic E-state index is 13.6. The van der Waals surface area contributed by atoms with Crippen LogP contribution in [0.15, 0.2) is 40.9 Å². The highest BCUT2D eigenvalue weighted by Crippen LogP contribution is 2.32. The molecule has 4 heteroatoms. The van der Waals surface area contributed by atoms with Crippen LogP contribution in [0.5, 0.6) is 11.5 Å². The van der Waals surface area contributed by atoms with Gasteiger partial charge >= 0.3 is 0 Å². The third-order valence-electron chi connectivity index (χ3n) is 2.58. The van der Waals surface area contributed by atoms with Gasteiger partial charge in [-0.3, -0.25) is 0 Å². The van der Waals surface area contributed by atoms with Crippen LogP contribution >= 0.6 is 31.9 Å². The van der Waals surface area contributed by atoms with Gasteiger partial charge in [-0.05, 0) is 36.8 Å². The third-order valence-corrected chi connectivity index (χ3v) is 3.63. The fraction of sp³-hybridized carbons (Fsp3) is 0.143. The summed E-state index contributed by atoms with van der Waals surface area (Å²) >= 11 is 6.67. The number of aryl methyl sites for hydroxylation is 1. The molecule has 0 amide bonds. The van der Waals surface area contributed by atoms with E-state index in [-0.39, 0.29) is 5.82 Å². The predicted molar refractivity (Wildman–Crippen MR) is 78.0 cm³/mol. The van der Waals surface area contributed by atoms with E-state index in [9.17, 15) is 4.39 Å². The lowest BCUT2D eigenvalue weighted by molar-refractivity contribution is 0.467. The van der Waals surface area contributed by atoms with E-state index in [2.05, 4.69) is 31.9 Å². The number of rotatable bonds is 3. The van der Waals surface area contributed by atoms with E-state index < -0.39 is 0 Å². The molecule has 2 aromatic carbocycles. The van der Waals surface area contributed by atoms with E-state index in [1.165, 1.54) is 6.07 Å². The monoisotopic (exact) mass is 372 g/mol. The zero-order chi connectivity index (χ0) is 13.1. The van der Waals surface area contributed by atoms with Crippen LogP contribution in [-0.4, -0.2) is 0 Å². The van der Waals surface area contributed by atoms with Crippen molar-refractivity contribution in [2.45, 2.75) is 12.3 Å². The highest BCUT2D eigenvalue weighted by molar-refractivity contribution is 9.10. The van der Waals surface area contributed by atoms with E-state index in [0.29, 0.717) is 16.6 Å². The van der Waals surface area contributed by atoms with Gasteiger partial charge in [-0.2, -0.15) is 0 Å². The van der Waals surface area contributed by atoms with E-state index in [1.807, 2.05) is 25.1 Å². The van der Waals surface area contributed by atoms with Gasteiger partial charge in [0.1, 0.15) is 17.3 Å². The summed E-state index contributed by atoms with van der Waals surface area (Å²) in [6, 6.07) is 10.6. The minimum atomic E-state index is -0.267. The van der Waals surface area contributed by atoms with Crippen LogP contribution in [-0.2, 0) is 5.33 Å². The first-order chi connectivity index (χ1) is 8.61. The molecule has 0 saturated heterocycles. The van der Waals surface area contributed by atoms with E-state index >= 15 is 0 Å². The number of ether oxygens (including phenoxy) is 1. The van der Waals surface area contributed by atoms with Crippen molar-refractivity contribution in [3.8, 4) is 11.5 Å². The molecule has 0 aromatic heterocycles. The fourth-order valence-electron chi connectivity index (χ4n) is 1.57. The molecule has 2 aromatic rings. The molecule has 18 heavy (non-hydrogen) atoms.